The van der Waals surface area contributed by atoms with E-state index in [2.05, 4.69) is 0 Å². The largest absolute Gasteiger partial charge is 0.493 e. The van der Waals surface area contributed by atoms with Crippen molar-refractivity contribution in [2.45, 2.75) is 12.5 Å². The van der Waals surface area contributed by atoms with E-state index in [9.17, 15) is 4.39 Å². The van der Waals surface area contributed by atoms with E-state index in [1.165, 1.54) is 12.1 Å². The molecule has 2 nitrogen and oxygen atoms in total. The fourth-order valence-corrected chi connectivity index (χ4v) is 1.39. The highest BCUT2D eigenvalue weighted by atomic mass is 35.5. The summed E-state index contributed by atoms with van der Waals surface area (Å²) in [6.07, 6.45) is 0.760. The quantitative estimate of drug-likeness (QED) is 0.700. The van der Waals surface area contributed by atoms with Crippen LogP contribution in [0.3, 0.4) is 0 Å². The van der Waals surface area contributed by atoms with E-state index in [1.54, 1.807) is 6.07 Å². The zero-order chi connectivity index (χ0) is 8.55. The molecule has 0 saturated carbocycles. The van der Waals surface area contributed by atoms with Gasteiger partial charge in [-0.2, -0.15) is 0 Å². The fraction of sp³-hybridized carbons (Fsp3) is 0.333. The van der Waals surface area contributed by atoms with E-state index in [-0.39, 0.29) is 24.3 Å². The number of rotatable bonds is 0. The van der Waals surface area contributed by atoms with Crippen LogP contribution >= 0.6 is 12.4 Å². The van der Waals surface area contributed by atoms with Crippen LogP contribution in [-0.2, 0) is 0 Å². The Hall–Kier alpha value is -0.800. The van der Waals surface area contributed by atoms with Gasteiger partial charge in [0.2, 0.25) is 0 Å². The molecule has 13 heavy (non-hydrogen) atoms. The summed E-state index contributed by atoms with van der Waals surface area (Å²) in [5.74, 6) is 0.463. The summed E-state index contributed by atoms with van der Waals surface area (Å²) in [5.41, 5.74) is 6.55. The molecule has 4 heteroatoms. The molecule has 72 valence electrons. The lowest BCUT2D eigenvalue weighted by Crippen LogP contribution is -2.20. The molecule has 2 N–H and O–H groups in total. The van der Waals surface area contributed by atoms with Gasteiger partial charge in [-0.05, 0) is 18.2 Å². The van der Waals surface area contributed by atoms with Crippen LogP contribution in [0.5, 0.6) is 5.75 Å². The smallest absolute Gasteiger partial charge is 0.124 e. The zero-order valence-corrected chi connectivity index (χ0v) is 7.81. The van der Waals surface area contributed by atoms with Gasteiger partial charge >= 0.3 is 0 Å². The summed E-state index contributed by atoms with van der Waals surface area (Å²) in [4.78, 5) is 0. The van der Waals surface area contributed by atoms with E-state index < -0.39 is 0 Å². The van der Waals surface area contributed by atoms with Crippen LogP contribution in [0.4, 0.5) is 4.39 Å². The summed E-state index contributed by atoms with van der Waals surface area (Å²) in [6, 6.07) is 4.38. The Morgan fingerprint density at radius 3 is 3.00 bits per heavy atom. The van der Waals surface area contributed by atoms with E-state index in [1.807, 2.05) is 0 Å². The van der Waals surface area contributed by atoms with E-state index >= 15 is 0 Å². The molecule has 0 bridgehead atoms. The molecule has 1 aliphatic heterocycles. The average molecular weight is 204 g/mol. The Bertz CT molecular complexity index is 306. The molecule has 0 amide bonds. The molecule has 0 aromatic heterocycles. The molecule has 1 unspecified atom stereocenters. The highest BCUT2D eigenvalue weighted by Crippen LogP contribution is 2.30. The second-order valence-electron chi connectivity index (χ2n) is 2.93. The maximum Gasteiger partial charge on any atom is 0.124 e. The van der Waals surface area contributed by atoms with Gasteiger partial charge in [-0.25, -0.2) is 4.39 Å². The van der Waals surface area contributed by atoms with Gasteiger partial charge in [-0.1, -0.05) is 0 Å². The maximum atomic E-state index is 12.8. The SMILES string of the molecule is Cl.NC1CCOc2ccc(F)cc21. The summed E-state index contributed by atoms with van der Waals surface area (Å²) >= 11 is 0. The second kappa shape index (κ2) is 3.94. The minimum absolute atomic E-state index is 0. The molecule has 0 aliphatic carbocycles. The molecule has 0 fully saturated rings. The molecule has 1 aromatic carbocycles. The number of hydrogen-bond acceptors (Lipinski definition) is 2. The molecule has 0 saturated heterocycles. The van der Waals surface area contributed by atoms with Crippen molar-refractivity contribution in [2.75, 3.05) is 6.61 Å². The Kier molecular flexibility index (Phi) is 3.12. The Balaban J connectivity index is 0.000000845. The topological polar surface area (TPSA) is 35.2 Å². The van der Waals surface area contributed by atoms with Crippen molar-refractivity contribution in [3.8, 4) is 5.75 Å². The summed E-state index contributed by atoms with van der Waals surface area (Å²) < 4.78 is 18.1. The molecule has 2 rings (SSSR count). The summed E-state index contributed by atoms with van der Waals surface area (Å²) in [5, 5.41) is 0. The van der Waals surface area contributed by atoms with E-state index in [0.29, 0.717) is 6.61 Å². The van der Waals surface area contributed by atoms with Crippen LogP contribution in [0.1, 0.15) is 18.0 Å². The number of ether oxygens (including phenoxy) is 1. The first kappa shape index (κ1) is 10.3. The lowest BCUT2D eigenvalue weighted by atomic mass is 10.0. The number of benzene rings is 1. The van der Waals surface area contributed by atoms with Gasteiger partial charge < -0.3 is 10.5 Å². The van der Waals surface area contributed by atoms with E-state index in [0.717, 1.165) is 17.7 Å². The summed E-state index contributed by atoms with van der Waals surface area (Å²) in [7, 11) is 0. The first-order chi connectivity index (χ1) is 5.77. The van der Waals surface area contributed by atoms with Crippen molar-refractivity contribution in [1.29, 1.82) is 0 Å². The Morgan fingerprint density at radius 2 is 2.23 bits per heavy atom. The van der Waals surface area contributed by atoms with Gasteiger partial charge in [-0.15, -0.1) is 12.4 Å². The number of hydrogen-bond donors (Lipinski definition) is 1. The highest BCUT2D eigenvalue weighted by Gasteiger charge is 2.17. The van der Waals surface area contributed by atoms with E-state index in [4.69, 9.17) is 10.5 Å². The third kappa shape index (κ3) is 1.92. The standard InChI is InChI=1S/C9H10FNO.ClH/c10-6-1-2-9-7(5-6)8(11)3-4-12-9;/h1-2,5,8H,3-4,11H2;1H. The molecule has 1 aromatic rings. The van der Waals surface area contributed by atoms with Crippen LogP contribution in [0.25, 0.3) is 0 Å². The fourth-order valence-electron chi connectivity index (χ4n) is 1.39. The van der Waals surface area contributed by atoms with Crippen LogP contribution < -0.4 is 10.5 Å². The molecule has 0 spiro atoms. The molecular weight excluding hydrogens is 193 g/mol. The molecule has 1 atom stereocenters. The zero-order valence-electron chi connectivity index (χ0n) is 7.00. The Morgan fingerprint density at radius 1 is 1.46 bits per heavy atom. The monoisotopic (exact) mass is 203 g/mol. The van der Waals surface area contributed by atoms with Crippen LogP contribution in [0.2, 0.25) is 0 Å². The van der Waals surface area contributed by atoms with Crippen molar-refractivity contribution in [2.24, 2.45) is 5.73 Å². The number of halogens is 2. The van der Waals surface area contributed by atoms with Gasteiger partial charge in [0, 0.05) is 18.0 Å². The lowest BCUT2D eigenvalue weighted by Gasteiger charge is -2.22. The summed E-state index contributed by atoms with van der Waals surface area (Å²) in [6.45, 7) is 0.625. The second-order valence-corrected chi connectivity index (χ2v) is 2.93. The van der Waals surface area contributed by atoms with Gasteiger partial charge in [0.15, 0.2) is 0 Å². The number of nitrogens with two attached hydrogens (primary N) is 1. The van der Waals surface area contributed by atoms with Gasteiger partial charge in [0.25, 0.3) is 0 Å². The van der Waals surface area contributed by atoms with Crippen molar-refractivity contribution < 1.29 is 9.13 Å². The maximum absolute atomic E-state index is 12.8. The third-order valence-corrected chi connectivity index (χ3v) is 2.06. The average Bonchev–Trinajstić information content (AvgIpc) is 2.07. The minimum Gasteiger partial charge on any atom is -0.493 e. The minimum atomic E-state index is -0.255. The first-order valence-corrected chi connectivity index (χ1v) is 3.95. The van der Waals surface area contributed by atoms with Crippen molar-refractivity contribution in [3.05, 3.63) is 29.6 Å². The van der Waals surface area contributed by atoms with Gasteiger partial charge in [0.1, 0.15) is 11.6 Å². The van der Waals surface area contributed by atoms with Crippen LogP contribution in [-0.4, -0.2) is 6.61 Å². The molecule has 1 aliphatic rings. The van der Waals surface area contributed by atoms with Crippen molar-refractivity contribution >= 4 is 12.4 Å². The lowest BCUT2D eigenvalue weighted by molar-refractivity contribution is 0.268. The molecule has 1 heterocycles. The third-order valence-electron chi connectivity index (χ3n) is 2.06. The molecule has 0 radical (unpaired) electrons. The Labute approximate surface area is 82.3 Å². The molecular formula is C9H11ClFNO. The van der Waals surface area contributed by atoms with Crippen molar-refractivity contribution in [3.63, 3.8) is 0 Å². The predicted molar refractivity (Wildman–Crippen MR) is 50.7 cm³/mol. The first-order valence-electron chi connectivity index (χ1n) is 3.95. The predicted octanol–water partition coefficient (Wildman–Crippen LogP) is 2.03. The number of fused-ring (bicyclic) bond motifs is 1. The van der Waals surface area contributed by atoms with Crippen LogP contribution in [0, 0.1) is 5.82 Å². The highest BCUT2D eigenvalue weighted by molar-refractivity contribution is 5.85. The van der Waals surface area contributed by atoms with Crippen LogP contribution in [0.15, 0.2) is 18.2 Å². The van der Waals surface area contributed by atoms with Gasteiger partial charge in [-0.3, -0.25) is 0 Å². The normalized spacial score (nSPS) is 19.7. The van der Waals surface area contributed by atoms with Gasteiger partial charge in [0.05, 0.1) is 6.61 Å². The van der Waals surface area contributed by atoms with Crippen molar-refractivity contribution in [1.82, 2.24) is 0 Å².